The summed E-state index contributed by atoms with van der Waals surface area (Å²) in [5, 5.41) is 2.59. The van der Waals surface area contributed by atoms with Crippen molar-refractivity contribution >= 4 is 23.1 Å². The Morgan fingerprint density at radius 3 is 2.37 bits per heavy atom. The molecule has 0 unspecified atom stereocenters. The largest absolute Gasteiger partial charge is 0.391 e. The summed E-state index contributed by atoms with van der Waals surface area (Å²) in [6.07, 6.45) is -5.01. The van der Waals surface area contributed by atoms with E-state index in [0.29, 0.717) is 25.9 Å². The zero-order valence-electron chi connectivity index (χ0n) is 10.7. The van der Waals surface area contributed by atoms with Crippen molar-refractivity contribution in [2.45, 2.75) is 37.4 Å². The van der Waals surface area contributed by atoms with Gasteiger partial charge in [0.25, 0.3) is 0 Å². The molecule has 0 bridgehead atoms. The molecule has 0 spiro atoms. The van der Waals surface area contributed by atoms with Gasteiger partial charge in [0, 0.05) is 19.5 Å². The van der Waals surface area contributed by atoms with Gasteiger partial charge in [0.2, 0.25) is 5.91 Å². The average Bonchev–Trinajstić information content (AvgIpc) is 2.29. The van der Waals surface area contributed by atoms with Crippen LogP contribution in [0.15, 0.2) is 0 Å². The van der Waals surface area contributed by atoms with Crippen molar-refractivity contribution in [3.8, 4) is 0 Å². The van der Waals surface area contributed by atoms with E-state index in [1.165, 1.54) is 0 Å². The standard InChI is InChI=1S/C11H18F3N3OS/c1-17-6-4-10(5-7-17,9(15)19)16-8(18)2-3-11(12,13)14/h2-7H2,1H3,(H2,15,19)(H,16,18). The quantitative estimate of drug-likeness (QED) is 0.766. The molecule has 19 heavy (non-hydrogen) atoms. The van der Waals surface area contributed by atoms with Crippen molar-refractivity contribution in [1.82, 2.24) is 10.2 Å². The number of carbonyl (C=O) groups excluding carboxylic acids is 1. The molecule has 1 rings (SSSR count). The van der Waals surface area contributed by atoms with Crippen LogP contribution in [-0.2, 0) is 4.79 Å². The summed E-state index contributed by atoms with van der Waals surface area (Å²) in [4.78, 5) is 13.8. The SMILES string of the molecule is CN1CCC(NC(=O)CCC(F)(F)F)(C(N)=S)CC1. The lowest BCUT2D eigenvalue weighted by atomic mass is 9.87. The van der Waals surface area contributed by atoms with Crippen LogP contribution in [0.1, 0.15) is 25.7 Å². The lowest BCUT2D eigenvalue weighted by Crippen LogP contribution is -2.61. The van der Waals surface area contributed by atoms with Gasteiger partial charge in [0.1, 0.15) is 0 Å². The summed E-state index contributed by atoms with van der Waals surface area (Å²) < 4.78 is 36.2. The Labute approximate surface area is 115 Å². The highest BCUT2D eigenvalue weighted by Crippen LogP contribution is 2.24. The number of alkyl halides is 3. The molecule has 0 radical (unpaired) electrons. The summed E-state index contributed by atoms with van der Waals surface area (Å²) in [5.74, 6) is -0.658. The second-order valence-corrected chi connectivity index (χ2v) is 5.35. The van der Waals surface area contributed by atoms with E-state index in [4.69, 9.17) is 18.0 Å². The fraction of sp³-hybridized carbons (Fsp3) is 0.818. The van der Waals surface area contributed by atoms with E-state index >= 15 is 0 Å². The summed E-state index contributed by atoms with van der Waals surface area (Å²) in [6, 6.07) is 0. The molecule has 0 aliphatic carbocycles. The molecule has 1 aliphatic rings. The third-order valence-electron chi connectivity index (χ3n) is 3.33. The lowest BCUT2D eigenvalue weighted by molar-refractivity contribution is -0.144. The van der Waals surface area contributed by atoms with E-state index in [2.05, 4.69) is 10.2 Å². The zero-order chi connectivity index (χ0) is 14.7. The van der Waals surface area contributed by atoms with Crippen LogP contribution in [0.3, 0.4) is 0 Å². The van der Waals surface area contributed by atoms with E-state index < -0.39 is 30.5 Å². The second kappa shape index (κ2) is 6.04. The maximum atomic E-state index is 12.1. The van der Waals surface area contributed by atoms with Gasteiger partial charge in [0.15, 0.2) is 0 Å². The maximum absolute atomic E-state index is 12.1. The van der Waals surface area contributed by atoms with Gasteiger partial charge < -0.3 is 16.0 Å². The minimum Gasteiger partial charge on any atom is -0.391 e. The molecule has 1 aliphatic heterocycles. The van der Waals surface area contributed by atoms with Crippen molar-refractivity contribution < 1.29 is 18.0 Å². The van der Waals surface area contributed by atoms with E-state index in [-0.39, 0.29) is 4.99 Å². The minimum atomic E-state index is -4.33. The van der Waals surface area contributed by atoms with Crippen molar-refractivity contribution in [3.05, 3.63) is 0 Å². The summed E-state index contributed by atoms with van der Waals surface area (Å²) >= 11 is 4.96. The van der Waals surface area contributed by atoms with Crippen LogP contribution in [0.2, 0.25) is 0 Å². The Balaban J connectivity index is 2.59. The van der Waals surface area contributed by atoms with Gasteiger partial charge in [-0.2, -0.15) is 13.2 Å². The van der Waals surface area contributed by atoms with Gasteiger partial charge >= 0.3 is 6.18 Å². The molecule has 4 nitrogen and oxygen atoms in total. The molecule has 1 fully saturated rings. The lowest BCUT2D eigenvalue weighted by Gasteiger charge is -2.40. The molecule has 110 valence electrons. The zero-order valence-corrected chi connectivity index (χ0v) is 11.5. The van der Waals surface area contributed by atoms with Crippen molar-refractivity contribution in [1.29, 1.82) is 0 Å². The van der Waals surface area contributed by atoms with Crippen LogP contribution >= 0.6 is 12.2 Å². The van der Waals surface area contributed by atoms with E-state index in [0.717, 1.165) is 0 Å². The molecule has 8 heteroatoms. The Morgan fingerprint density at radius 1 is 1.42 bits per heavy atom. The number of nitrogens with two attached hydrogens (primary N) is 1. The fourth-order valence-corrected chi connectivity index (χ4v) is 2.27. The molecule has 1 amide bonds. The molecule has 0 aromatic carbocycles. The number of piperidine rings is 1. The number of rotatable bonds is 4. The van der Waals surface area contributed by atoms with Crippen LogP contribution in [0.25, 0.3) is 0 Å². The Hall–Kier alpha value is -0.890. The van der Waals surface area contributed by atoms with Gasteiger partial charge in [-0.25, -0.2) is 0 Å². The first-order chi connectivity index (χ1) is 8.65. The number of amides is 1. The summed E-state index contributed by atoms with van der Waals surface area (Å²) in [5.41, 5.74) is 4.81. The van der Waals surface area contributed by atoms with Crippen LogP contribution < -0.4 is 11.1 Å². The number of thiocarbonyl (C=S) groups is 1. The van der Waals surface area contributed by atoms with Gasteiger partial charge in [0.05, 0.1) is 16.9 Å². The van der Waals surface area contributed by atoms with E-state index in [9.17, 15) is 18.0 Å². The van der Waals surface area contributed by atoms with E-state index in [1.54, 1.807) is 0 Å². The third kappa shape index (κ3) is 4.94. The number of hydrogen-bond acceptors (Lipinski definition) is 3. The van der Waals surface area contributed by atoms with Gasteiger partial charge in [-0.1, -0.05) is 12.2 Å². The highest BCUT2D eigenvalue weighted by Gasteiger charge is 2.38. The van der Waals surface area contributed by atoms with Crippen LogP contribution in [0.5, 0.6) is 0 Å². The number of nitrogens with zero attached hydrogens (tertiary/aromatic N) is 1. The molecule has 0 saturated carbocycles. The third-order valence-corrected chi connectivity index (χ3v) is 3.72. The van der Waals surface area contributed by atoms with Gasteiger partial charge in [-0.05, 0) is 19.9 Å². The van der Waals surface area contributed by atoms with Crippen molar-refractivity contribution in [2.75, 3.05) is 20.1 Å². The molecule has 3 N–H and O–H groups in total. The number of likely N-dealkylation sites (tertiary alicyclic amines) is 1. The molecule has 0 aromatic rings. The number of hydrogen-bond donors (Lipinski definition) is 2. The monoisotopic (exact) mass is 297 g/mol. The highest BCUT2D eigenvalue weighted by molar-refractivity contribution is 7.80. The topological polar surface area (TPSA) is 58.4 Å². The number of nitrogens with one attached hydrogen (secondary N) is 1. The summed E-state index contributed by atoms with van der Waals surface area (Å²) in [7, 11) is 1.93. The minimum absolute atomic E-state index is 0.140. The van der Waals surface area contributed by atoms with Crippen molar-refractivity contribution in [2.24, 2.45) is 5.73 Å². The van der Waals surface area contributed by atoms with Gasteiger partial charge in [-0.3, -0.25) is 4.79 Å². The second-order valence-electron chi connectivity index (χ2n) is 4.91. The predicted octanol–water partition coefficient (Wildman–Crippen LogP) is 1.20. The Morgan fingerprint density at radius 2 is 1.95 bits per heavy atom. The first kappa shape index (κ1) is 16.2. The number of halogens is 3. The maximum Gasteiger partial charge on any atom is 0.389 e. The van der Waals surface area contributed by atoms with Crippen molar-refractivity contribution in [3.63, 3.8) is 0 Å². The first-order valence-corrected chi connectivity index (χ1v) is 6.42. The average molecular weight is 297 g/mol. The molecule has 1 saturated heterocycles. The first-order valence-electron chi connectivity index (χ1n) is 6.01. The highest BCUT2D eigenvalue weighted by atomic mass is 32.1. The Kier molecular flexibility index (Phi) is 5.14. The summed E-state index contributed by atoms with van der Waals surface area (Å²) in [6.45, 7) is 1.38. The predicted molar refractivity (Wildman–Crippen MR) is 69.7 cm³/mol. The molecule has 0 atom stereocenters. The van der Waals surface area contributed by atoms with Gasteiger partial charge in [-0.15, -0.1) is 0 Å². The molecular formula is C11H18F3N3OS. The van der Waals surface area contributed by atoms with Crippen LogP contribution in [-0.4, -0.2) is 47.6 Å². The smallest absolute Gasteiger partial charge is 0.389 e. The molecule has 1 heterocycles. The molecular weight excluding hydrogens is 279 g/mol. The Bertz CT molecular complexity index is 352. The van der Waals surface area contributed by atoms with E-state index in [1.807, 2.05) is 7.05 Å². The normalized spacial score (nSPS) is 20.0. The number of carbonyl (C=O) groups is 1. The molecule has 0 aromatic heterocycles. The fourth-order valence-electron chi connectivity index (χ4n) is 2.02. The van der Waals surface area contributed by atoms with Crippen LogP contribution in [0.4, 0.5) is 13.2 Å². The van der Waals surface area contributed by atoms with Crippen LogP contribution in [0, 0.1) is 0 Å².